The Balaban J connectivity index is 3.09. The van der Waals surface area contributed by atoms with Crippen molar-refractivity contribution in [3.8, 4) is 6.07 Å². The Morgan fingerprint density at radius 1 is 1.41 bits per heavy atom. The molecule has 5 heteroatoms. The smallest absolute Gasteiger partial charge is 0.253 e. The summed E-state index contributed by atoms with van der Waals surface area (Å²) in [6.45, 7) is 1.79. The maximum absolute atomic E-state index is 11.6. The first-order valence-electron chi connectivity index (χ1n) is 5.08. The molecule has 0 aliphatic rings. The largest absolute Gasteiger partial charge is 0.355 e. The fourth-order valence-electron chi connectivity index (χ4n) is 1.41. The number of hydrogen-bond donors (Lipinski definition) is 2. The van der Waals surface area contributed by atoms with Crippen molar-refractivity contribution in [2.75, 3.05) is 12.4 Å². The van der Waals surface area contributed by atoms with Crippen molar-refractivity contribution in [1.29, 1.82) is 5.26 Å². The fourth-order valence-corrected chi connectivity index (χ4v) is 1.41. The molecule has 0 radical (unpaired) electrons. The lowest BCUT2D eigenvalue weighted by molar-refractivity contribution is -0.115. The van der Waals surface area contributed by atoms with Crippen molar-refractivity contribution in [2.24, 2.45) is 0 Å². The summed E-state index contributed by atoms with van der Waals surface area (Å²) < 4.78 is 0. The van der Waals surface area contributed by atoms with Gasteiger partial charge in [-0.2, -0.15) is 5.26 Å². The lowest BCUT2D eigenvalue weighted by Gasteiger charge is -2.11. The Bertz CT molecular complexity index is 489. The second kappa shape index (κ2) is 5.66. The van der Waals surface area contributed by atoms with Crippen molar-refractivity contribution in [3.63, 3.8) is 0 Å². The number of amides is 2. The van der Waals surface area contributed by atoms with E-state index in [9.17, 15) is 9.59 Å². The lowest BCUT2D eigenvalue weighted by Crippen LogP contribution is -2.21. The average Bonchev–Trinajstić information content (AvgIpc) is 2.31. The molecule has 1 rings (SSSR count). The highest BCUT2D eigenvalue weighted by atomic mass is 16.2. The molecule has 0 spiro atoms. The van der Waals surface area contributed by atoms with Crippen LogP contribution in [0.25, 0.3) is 0 Å². The normalized spacial score (nSPS) is 9.24. The van der Waals surface area contributed by atoms with Gasteiger partial charge in [0.15, 0.2) is 0 Å². The van der Waals surface area contributed by atoms with Crippen LogP contribution in [0, 0.1) is 18.3 Å². The zero-order valence-corrected chi connectivity index (χ0v) is 9.70. The molecule has 0 aliphatic heterocycles. The molecule has 0 unspecified atom stereocenters. The van der Waals surface area contributed by atoms with Crippen molar-refractivity contribution in [2.45, 2.75) is 13.3 Å². The van der Waals surface area contributed by atoms with Crippen LogP contribution in [-0.4, -0.2) is 18.9 Å². The summed E-state index contributed by atoms with van der Waals surface area (Å²) in [7, 11) is 1.52. The van der Waals surface area contributed by atoms with E-state index in [-0.39, 0.29) is 12.3 Å². The number of carbonyl (C=O) groups is 2. The van der Waals surface area contributed by atoms with Crippen LogP contribution in [0.1, 0.15) is 22.3 Å². The molecule has 1 aromatic rings. The van der Waals surface area contributed by atoms with Crippen LogP contribution in [0.15, 0.2) is 18.2 Å². The number of nitriles is 1. The molecule has 0 atom stereocenters. The third-order valence-electron chi connectivity index (χ3n) is 2.25. The summed E-state index contributed by atoms with van der Waals surface area (Å²) in [5, 5.41) is 13.5. The maximum atomic E-state index is 11.6. The van der Waals surface area contributed by atoms with E-state index in [1.54, 1.807) is 31.2 Å². The van der Waals surface area contributed by atoms with E-state index in [4.69, 9.17) is 5.26 Å². The van der Waals surface area contributed by atoms with Gasteiger partial charge < -0.3 is 10.6 Å². The SMILES string of the molecule is CNC(=O)c1cccc(C)c1NC(=O)CC#N. The minimum Gasteiger partial charge on any atom is -0.355 e. The van der Waals surface area contributed by atoms with Crippen LogP contribution in [-0.2, 0) is 4.79 Å². The summed E-state index contributed by atoms with van der Waals surface area (Å²) in [5.41, 5.74) is 1.61. The van der Waals surface area contributed by atoms with Gasteiger partial charge in [0.2, 0.25) is 5.91 Å². The number of hydrogen-bond acceptors (Lipinski definition) is 3. The second-order valence-electron chi connectivity index (χ2n) is 3.46. The minimum absolute atomic E-state index is 0.235. The summed E-state index contributed by atoms with van der Waals surface area (Å²) >= 11 is 0. The molecule has 2 N–H and O–H groups in total. The van der Waals surface area contributed by atoms with E-state index in [2.05, 4.69) is 10.6 Å². The Morgan fingerprint density at radius 3 is 2.71 bits per heavy atom. The molecule has 0 heterocycles. The summed E-state index contributed by atoms with van der Waals surface area (Å²) in [6.07, 6.45) is -0.235. The first kappa shape index (κ1) is 12.7. The van der Waals surface area contributed by atoms with Crippen molar-refractivity contribution in [3.05, 3.63) is 29.3 Å². The zero-order chi connectivity index (χ0) is 12.8. The van der Waals surface area contributed by atoms with Gasteiger partial charge in [0.1, 0.15) is 6.42 Å². The molecular formula is C12H13N3O2. The molecule has 2 amide bonds. The second-order valence-corrected chi connectivity index (χ2v) is 3.46. The van der Waals surface area contributed by atoms with E-state index in [1.165, 1.54) is 7.05 Å². The number of rotatable bonds is 3. The van der Waals surface area contributed by atoms with Crippen LogP contribution in [0.2, 0.25) is 0 Å². The van der Waals surface area contributed by atoms with Crippen LogP contribution in [0.3, 0.4) is 0 Å². The van der Waals surface area contributed by atoms with Crippen molar-refractivity contribution in [1.82, 2.24) is 5.32 Å². The van der Waals surface area contributed by atoms with Crippen LogP contribution in [0.4, 0.5) is 5.69 Å². The average molecular weight is 231 g/mol. The predicted octanol–water partition coefficient (Wildman–Crippen LogP) is 1.21. The molecule has 5 nitrogen and oxygen atoms in total. The topological polar surface area (TPSA) is 82.0 Å². The van der Waals surface area contributed by atoms with Gasteiger partial charge in [0.05, 0.1) is 17.3 Å². The Kier molecular flexibility index (Phi) is 4.23. The van der Waals surface area contributed by atoms with Gasteiger partial charge in [0.25, 0.3) is 5.91 Å². The summed E-state index contributed by atoms with van der Waals surface area (Å²) in [4.78, 5) is 23.0. The van der Waals surface area contributed by atoms with Gasteiger partial charge in [-0.1, -0.05) is 12.1 Å². The van der Waals surface area contributed by atoms with E-state index in [1.807, 2.05) is 0 Å². The Labute approximate surface area is 99.4 Å². The zero-order valence-electron chi connectivity index (χ0n) is 9.70. The summed E-state index contributed by atoms with van der Waals surface area (Å²) in [6, 6.07) is 6.90. The van der Waals surface area contributed by atoms with Crippen molar-refractivity contribution >= 4 is 17.5 Å². The first-order valence-corrected chi connectivity index (χ1v) is 5.08. The molecular weight excluding hydrogens is 218 g/mol. The number of benzene rings is 1. The standard InChI is InChI=1S/C12H13N3O2/c1-8-4-3-5-9(12(17)14-2)11(8)15-10(16)6-7-13/h3-5H,6H2,1-2H3,(H,14,17)(H,15,16). The quantitative estimate of drug-likeness (QED) is 0.820. The van der Waals surface area contributed by atoms with Gasteiger partial charge in [-0.05, 0) is 18.6 Å². The number of aryl methyl sites for hydroxylation is 1. The van der Waals surface area contributed by atoms with Gasteiger partial charge in [-0.15, -0.1) is 0 Å². The minimum atomic E-state index is -0.424. The van der Waals surface area contributed by atoms with E-state index >= 15 is 0 Å². The maximum Gasteiger partial charge on any atom is 0.253 e. The van der Waals surface area contributed by atoms with Crippen LogP contribution in [0.5, 0.6) is 0 Å². The third-order valence-corrected chi connectivity index (χ3v) is 2.25. The molecule has 1 aromatic carbocycles. The van der Waals surface area contributed by atoms with E-state index in [0.717, 1.165) is 5.56 Å². The van der Waals surface area contributed by atoms with Crippen LogP contribution >= 0.6 is 0 Å². The van der Waals surface area contributed by atoms with E-state index < -0.39 is 5.91 Å². The van der Waals surface area contributed by atoms with Crippen molar-refractivity contribution < 1.29 is 9.59 Å². The monoisotopic (exact) mass is 231 g/mol. The molecule has 88 valence electrons. The molecule has 0 aliphatic carbocycles. The Hall–Kier alpha value is -2.35. The van der Waals surface area contributed by atoms with Gasteiger partial charge in [0, 0.05) is 7.05 Å². The molecule has 0 saturated heterocycles. The highest BCUT2D eigenvalue weighted by Gasteiger charge is 2.13. The van der Waals surface area contributed by atoms with Crippen LogP contribution < -0.4 is 10.6 Å². The number of carbonyl (C=O) groups excluding carboxylic acids is 2. The van der Waals surface area contributed by atoms with Gasteiger partial charge in [-0.3, -0.25) is 9.59 Å². The first-order chi connectivity index (χ1) is 8.10. The van der Waals surface area contributed by atoms with E-state index in [0.29, 0.717) is 11.3 Å². The molecule has 0 saturated carbocycles. The fraction of sp³-hybridized carbons (Fsp3) is 0.250. The molecule has 0 aromatic heterocycles. The predicted molar refractivity (Wildman–Crippen MR) is 63.4 cm³/mol. The highest BCUT2D eigenvalue weighted by Crippen LogP contribution is 2.20. The Morgan fingerprint density at radius 2 is 2.12 bits per heavy atom. The lowest BCUT2D eigenvalue weighted by atomic mass is 10.1. The molecule has 17 heavy (non-hydrogen) atoms. The van der Waals surface area contributed by atoms with Gasteiger partial charge >= 0.3 is 0 Å². The summed E-state index contributed by atoms with van der Waals surface area (Å²) in [5.74, 6) is -0.701. The molecule has 0 bridgehead atoms. The highest BCUT2D eigenvalue weighted by molar-refractivity contribution is 6.04. The number of para-hydroxylation sites is 1. The third kappa shape index (κ3) is 3.05. The molecule has 0 fully saturated rings. The number of nitrogens with zero attached hydrogens (tertiary/aromatic N) is 1. The number of nitrogens with one attached hydrogen (secondary N) is 2. The number of anilines is 1. The van der Waals surface area contributed by atoms with Gasteiger partial charge in [-0.25, -0.2) is 0 Å².